The molecule has 0 atom stereocenters. The van der Waals surface area contributed by atoms with Gasteiger partial charge >= 0.3 is 0 Å². The summed E-state index contributed by atoms with van der Waals surface area (Å²) in [5.74, 6) is -0.631. The van der Waals surface area contributed by atoms with Gasteiger partial charge < -0.3 is 20.9 Å². The van der Waals surface area contributed by atoms with Crippen molar-refractivity contribution >= 4 is 12.0 Å². The number of aliphatic hydroxyl groups excluding tert-OH is 1. The lowest BCUT2D eigenvalue weighted by Crippen LogP contribution is -2.15. The Hall–Kier alpha value is -1.50. The number of nitrogens with two attached hydrogens (primary N) is 1. The van der Waals surface area contributed by atoms with Crippen LogP contribution >= 0.6 is 0 Å². The molecule has 4 N–H and O–H groups in total. The summed E-state index contributed by atoms with van der Waals surface area (Å²) in [6.45, 7) is 10.2. The minimum atomic E-state index is -0.631. The summed E-state index contributed by atoms with van der Waals surface area (Å²) in [5.41, 5.74) is 6.39. The summed E-state index contributed by atoms with van der Waals surface area (Å²) in [7, 11) is 1.71. The van der Waals surface area contributed by atoms with Crippen LogP contribution in [0.3, 0.4) is 0 Å². The second-order valence-corrected chi connectivity index (χ2v) is 5.71. The van der Waals surface area contributed by atoms with Crippen LogP contribution in [0.5, 0.6) is 0 Å². The first-order valence-corrected chi connectivity index (χ1v) is 7.58. The molecule has 134 valence electrons. The van der Waals surface area contributed by atoms with Crippen molar-refractivity contribution in [3.05, 3.63) is 29.1 Å². The Morgan fingerprint density at radius 3 is 2.13 bits per heavy atom. The largest absolute Gasteiger partial charge is 0.379 e. The normalized spacial score (nSPS) is 9.96. The number of ether oxygens (including phenoxy) is 1. The summed E-state index contributed by atoms with van der Waals surface area (Å²) < 4.78 is 18.0. The summed E-state index contributed by atoms with van der Waals surface area (Å²) in [6.07, 6.45) is 1.68. The third-order valence-corrected chi connectivity index (χ3v) is 2.45. The fourth-order valence-corrected chi connectivity index (χ4v) is 1.15. The SMILES string of the molecule is CCC.COC(C)(C)C.NCc1cc(C=O)c(F)cc1NCO. The Bertz CT molecular complexity index is 446. The van der Waals surface area contributed by atoms with Crippen molar-refractivity contribution in [3.63, 3.8) is 0 Å². The van der Waals surface area contributed by atoms with Crippen LogP contribution < -0.4 is 11.1 Å². The van der Waals surface area contributed by atoms with Gasteiger partial charge in [0.05, 0.1) is 11.2 Å². The average Bonchev–Trinajstić information content (AvgIpc) is 2.48. The number of nitrogens with one attached hydrogen (secondary N) is 1. The van der Waals surface area contributed by atoms with Crippen molar-refractivity contribution in [3.8, 4) is 0 Å². The summed E-state index contributed by atoms with van der Waals surface area (Å²) in [6, 6.07) is 2.50. The molecule has 1 aromatic rings. The summed E-state index contributed by atoms with van der Waals surface area (Å²) >= 11 is 0. The van der Waals surface area contributed by atoms with E-state index >= 15 is 0 Å². The zero-order valence-electron chi connectivity index (χ0n) is 15.1. The van der Waals surface area contributed by atoms with Crippen molar-refractivity contribution in [2.24, 2.45) is 5.73 Å². The number of carbonyl (C=O) groups excluding carboxylic acids is 1. The Morgan fingerprint density at radius 1 is 1.35 bits per heavy atom. The number of benzene rings is 1. The maximum Gasteiger partial charge on any atom is 0.153 e. The van der Waals surface area contributed by atoms with Gasteiger partial charge in [-0.2, -0.15) is 0 Å². The van der Waals surface area contributed by atoms with Crippen molar-refractivity contribution in [1.82, 2.24) is 0 Å². The molecule has 0 bridgehead atoms. The van der Waals surface area contributed by atoms with E-state index in [0.29, 0.717) is 17.5 Å². The predicted molar refractivity (Wildman–Crippen MR) is 93.1 cm³/mol. The number of aldehydes is 1. The molecular weight excluding hydrogens is 299 g/mol. The van der Waals surface area contributed by atoms with Crippen LogP contribution in [0.15, 0.2) is 12.1 Å². The number of aliphatic hydroxyl groups is 1. The Balaban J connectivity index is 0. The van der Waals surface area contributed by atoms with E-state index in [1.165, 1.54) is 12.5 Å². The Labute approximate surface area is 139 Å². The number of methoxy groups -OCH3 is 1. The smallest absolute Gasteiger partial charge is 0.153 e. The van der Waals surface area contributed by atoms with Crippen molar-refractivity contribution < 1.29 is 19.0 Å². The molecule has 0 amide bonds. The van der Waals surface area contributed by atoms with Crippen LogP contribution in [0.1, 0.15) is 57.0 Å². The molecule has 0 aromatic heterocycles. The van der Waals surface area contributed by atoms with Gasteiger partial charge in [0.15, 0.2) is 6.29 Å². The molecule has 6 heteroatoms. The molecule has 0 aliphatic carbocycles. The highest BCUT2D eigenvalue weighted by Gasteiger charge is 2.07. The highest BCUT2D eigenvalue weighted by Crippen LogP contribution is 2.19. The zero-order valence-corrected chi connectivity index (χ0v) is 15.1. The van der Waals surface area contributed by atoms with Crippen molar-refractivity contribution in [2.45, 2.75) is 53.2 Å². The van der Waals surface area contributed by atoms with Crippen LogP contribution in [0, 0.1) is 5.82 Å². The van der Waals surface area contributed by atoms with E-state index in [1.807, 2.05) is 20.8 Å². The van der Waals surface area contributed by atoms with Crippen LogP contribution in [0.2, 0.25) is 0 Å². The molecule has 0 saturated carbocycles. The number of hydrogen-bond donors (Lipinski definition) is 3. The van der Waals surface area contributed by atoms with Gasteiger partial charge in [-0.15, -0.1) is 0 Å². The first kappa shape index (κ1) is 23.8. The lowest BCUT2D eigenvalue weighted by molar-refractivity contribution is 0.0397. The minimum Gasteiger partial charge on any atom is -0.379 e. The lowest BCUT2D eigenvalue weighted by atomic mass is 10.1. The lowest BCUT2D eigenvalue weighted by Gasteiger charge is -2.14. The molecule has 1 aromatic carbocycles. The first-order chi connectivity index (χ1) is 10.7. The number of rotatable bonds is 4. The van der Waals surface area contributed by atoms with E-state index in [2.05, 4.69) is 19.2 Å². The number of anilines is 1. The number of halogens is 1. The predicted octanol–water partition coefficient (Wildman–Crippen LogP) is 3.31. The monoisotopic (exact) mass is 330 g/mol. The van der Waals surface area contributed by atoms with E-state index in [0.717, 1.165) is 6.07 Å². The van der Waals surface area contributed by atoms with Gasteiger partial charge in [-0.25, -0.2) is 4.39 Å². The van der Waals surface area contributed by atoms with E-state index in [4.69, 9.17) is 15.6 Å². The average molecular weight is 330 g/mol. The third-order valence-electron chi connectivity index (χ3n) is 2.45. The van der Waals surface area contributed by atoms with E-state index in [1.54, 1.807) is 7.11 Å². The Kier molecular flexibility index (Phi) is 13.4. The van der Waals surface area contributed by atoms with Gasteiger partial charge in [0, 0.05) is 19.3 Å². The molecule has 0 aliphatic rings. The van der Waals surface area contributed by atoms with Gasteiger partial charge in [-0.1, -0.05) is 20.3 Å². The van der Waals surface area contributed by atoms with E-state index in [9.17, 15) is 9.18 Å². The van der Waals surface area contributed by atoms with Crippen LogP contribution in [-0.2, 0) is 11.3 Å². The van der Waals surface area contributed by atoms with E-state index < -0.39 is 5.82 Å². The molecule has 0 unspecified atom stereocenters. The standard InChI is InChI=1S/C9H11FN2O2.C5H12O.C3H8/c10-8-2-9(12-5-14)6(3-11)1-7(8)4-13;1-5(2,3)6-4;1-3-2/h1-2,4,12,14H,3,5,11H2;1-4H3;3H2,1-2H3. The number of hydrogen-bond acceptors (Lipinski definition) is 5. The maximum absolute atomic E-state index is 13.1. The van der Waals surface area contributed by atoms with E-state index in [-0.39, 0.29) is 24.4 Å². The molecule has 23 heavy (non-hydrogen) atoms. The molecule has 0 fully saturated rings. The van der Waals surface area contributed by atoms with Gasteiger partial charge in [0.25, 0.3) is 0 Å². The molecule has 0 spiro atoms. The molecule has 0 radical (unpaired) electrons. The fraction of sp³-hybridized carbons (Fsp3) is 0.588. The molecule has 0 aliphatic heterocycles. The topological polar surface area (TPSA) is 84.6 Å². The number of carbonyl (C=O) groups is 1. The van der Waals surface area contributed by atoms with Crippen LogP contribution in [0.4, 0.5) is 10.1 Å². The maximum atomic E-state index is 13.1. The minimum absolute atomic E-state index is 0.0334. The Morgan fingerprint density at radius 2 is 1.83 bits per heavy atom. The molecule has 0 saturated heterocycles. The molecule has 1 rings (SSSR count). The summed E-state index contributed by atoms with van der Waals surface area (Å²) in [5, 5.41) is 11.2. The van der Waals surface area contributed by atoms with Gasteiger partial charge in [0.2, 0.25) is 0 Å². The highest BCUT2D eigenvalue weighted by atomic mass is 19.1. The zero-order chi connectivity index (χ0) is 18.5. The third kappa shape index (κ3) is 11.7. The van der Waals surface area contributed by atoms with Crippen LogP contribution in [-0.4, -0.2) is 30.8 Å². The molecule has 5 nitrogen and oxygen atoms in total. The first-order valence-electron chi connectivity index (χ1n) is 7.58. The van der Waals surface area contributed by atoms with Gasteiger partial charge in [-0.05, 0) is 38.5 Å². The van der Waals surface area contributed by atoms with Crippen LogP contribution in [0.25, 0.3) is 0 Å². The quantitative estimate of drug-likeness (QED) is 0.582. The summed E-state index contributed by atoms with van der Waals surface area (Å²) in [4.78, 5) is 10.4. The highest BCUT2D eigenvalue weighted by molar-refractivity contribution is 5.77. The molecule has 0 heterocycles. The fourth-order valence-electron chi connectivity index (χ4n) is 1.15. The van der Waals surface area contributed by atoms with Gasteiger partial charge in [-0.3, -0.25) is 4.79 Å². The second kappa shape index (κ2) is 13.0. The van der Waals surface area contributed by atoms with Gasteiger partial charge in [0.1, 0.15) is 12.5 Å². The second-order valence-electron chi connectivity index (χ2n) is 5.71. The van der Waals surface area contributed by atoms with Crippen molar-refractivity contribution in [2.75, 3.05) is 19.2 Å². The van der Waals surface area contributed by atoms with Crippen molar-refractivity contribution in [1.29, 1.82) is 0 Å². The molecular formula is C17H31FN2O3.